The Kier molecular flexibility index (Phi) is 5.29. The maximum absolute atomic E-state index is 12.9. The molecule has 5 nitrogen and oxygen atoms in total. The number of nitrogens with two attached hydrogens (primary N) is 1. The fraction of sp³-hybridized carbons (Fsp3) is 0.417. The Balaban J connectivity index is 2.62. The molecular weight excluding hydrogens is 271 g/mol. The van der Waals surface area contributed by atoms with Crippen LogP contribution >= 0.6 is 0 Å². The molecule has 0 aliphatic heterocycles. The topological polar surface area (TPSA) is 89.3 Å². The van der Waals surface area contributed by atoms with Crippen LogP contribution in [0.15, 0.2) is 18.2 Å². The van der Waals surface area contributed by atoms with E-state index in [0.29, 0.717) is 6.42 Å². The van der Waals surface area contributed by atoms with Gasteiger partial charge in [0.2, 0.25) is 5.91 Å². The number of hydrogen-bond acceptors (Lipinski definition) is 4. The largest absolute Gasteiger partial charge is 0.396 e. The smallest absolute Gasteiger partial charge is 0.239 e. The van der Waals surface area contributed by atoms with Crippen LogP contribution in [0.1, 0.15) is 19.8 Å². The number of rotatable bonds is 6. The normalized spacial score (nSPS) is 11.3. The van der Waals surface area contributed by atoms with Gasteiger partial charge >= 0.3 is 0 Å². The van der Waals surface area contributed by atoms with Crippen LogP contribution in [0, 0.1) is 5.82 Å². The third-order valence-corrected chi connectivity index (χ3v) is 4.05. The van der Waals surface area contributed by atoms with E-state index < -0.39 is 27.3 Å². The van der Waals surface area contributed by atoms with Gasteiger partial charge in [-0.2, -0.15) is 0 Å². The van der Waals surface area contributed by atoms with Crippen LogP contribution in [0.5, 0.6) is 0 Å². The molecule has 19 heavy (non-hydrogen) atoms. The molecule has 0 saturated carbocycles. The molecule has 106 valence electrons. The fourth-order valence-electron chi connectivity index (χ4n) is 1.45. The average molecular weight is 288 g/mol. The predicted molar refractivity (Wildman–Crippen MR) is 73.0 cm³/mol. The van der Waals surface area contributed by atoms with Crippen molar-refractivity contribution >= 4 is 27.1 Å². The number of carbonyl (C=O) groups excluding carboxylic acids is 1. The van der Waals surface area contributed by atoms with Gasteiger partial charge in [0.05, 0.1) is 11.4 Å². The first kappa shape index (κ1) is 15.4. The molecule has 0 bridgehead atoms. The Bertz CT molecular complexity index is 558. The van der Waals surface area contributed by atoms with Crippen molar-refractivity contribution in [2.45, 2.75) is 19.8 Å². The molecule has 0 heterocycles. The highest BCUT2D eigenvalue weighted by molar-refractivity contribution is 7.92. The maximum atomic E-state index is 12.9. The first-order valence-corrected chi connectivity index (χ1v) is 7.71. The molecule has 1 aromatic rings. The van der Waals surface area contributed by atoms with Crippen LogP contribution in [0.3, 0.4) is 0 Å². The summed E-state index contributed by atoms with van der Waals surface area (Å²) in [5, 5.41) is 2.38. The zero-order chi connectivity index (χ0) is 14.5. The van der Waals surface area contributed by atoms with Crippen molar-refractivity contribution < 1.29 is 17.6 Å². The zero-order valence-electron chi connectivity index (χ0n) is 10.6. The minimum absolute atomic E-state index is 0.0114. The molecule has 0 aromatic heterocycles. The van der Waals surface area contributed by atoms with Crippen LogP contribution in [0.25, 0.3) is 0 Å². The van der Waals surface area contributed by atoms with E-state index in [-0.39, 0.29) is 17.1 Å². The van der Waals surface area contributed by atoms with E-state index in [4.69, 9.17) is 5.73 Å². The lowest BCUT2D eigenvalue weighted by molar-refractivity contribution is -0.113. The van der Waals surface area contributed by atoms with E-state index in [1.165, 1.54) is 12.1 Å². The van der Waals surface area contributed by atoms with Crippen LogP contribution in [-0.4, -0.2) is 25.8 Å². The highest BCUT2D eigenvalue weighted by atomic mass is 32.2. The summed E-state index contributed by atoms with van der Waals surface area (Å²) in [6.07, 6.45) is 1.27. The molecule has 0 radical (unpaired) electrons. The van der Waals surface area contributed by atoms with Crippen molar-refractivity contribution in [3.63, 3.8) is 0 Å². The van der Waals surface area contributed by atoms with E-state index in [0.717, 1.165) is 12.5 Å². The molecule has 0 saturated heterocycles. The summed E-state index contributed by atoms with van der Waals surface area (Å²) >= 11 is 0. The molecule has 1 aromatic carbocycles. The average Bonchev–Trinajstić information content (AvgIpc) is 2.30. The van der Waals surface area contributed by atoms with Gasteiger partial charge in [-0.15, -0.1) is 0 Å². The van der Waals surface area contributed by atoms with E-state index in [9.17, 15) is 17.6 Å². The lowest BCUT2D eigenvalue weighted by Crippen LogP contribution is -2.24. The van der Waals surface area contributed by atoms with Crippen molar-refractivity contribution in [2.24, 2.45) is 0 Å². The number of halogens is 1. The standard InChI is InChI=1S/C12H17FN2O3S/c1-2-3-6-19(17,18)8-12(16)15-9-4-5-10(13)11(14)7-9/h4-5,7H,2-3,6,8,14H2,1H3,(H,15,16). The Morgan fingerprint density at radius 2 is 2.11 bits per heavy atom. The Morgan fingerprint density at radius 3 is 2.68 bits per heavy atom. The Morgan fingerprint density at radius 1 is 1.42 bits per heavy atom. The number of nitrogen functional groups attached to an aromatic ring is 1. The summed E-state index contributed by atoms with van der Waals surface area (Å²) in [4.78, 5) is 11.6. The third-order valence-electron chi connectivity index (χ3n) is 2.44. The van der Waals surface area contributed by atoms with E-state index in [1.54, 1.807) is 0 Å². The van der Waals surface area contributed by atoms with Crippen molar-refractivity contribution in [1.29, 1.82) is 0 Å². The summed E-state index contributed by atoms with van der Waals surface area (Å²) < 4.78 is 36.0. The molecule has 0 aliphatic carbocycles. The monoisotopic (exact) mass is 288 g/mol. The van der Waals surface area contributed by atoms with E-state index in [1.807, 2.05) is 6.92 Å². The lowest BCUT2D eigenvalue weighted by atomic mass is 10.2. The van der Waals surface area contributed by atoms with Crippen LogP contribution in [-0.2, 0) is 14.6 Å². The number of benzene rings is 1. The minimum Gasteiger partial charge on any atom is -0.396 e. The van der Waals surface area contributed by atoms with Gasteiger partial charge in [0.15, 0.2) is 9.84 Å². The van der Waals surface area contributed by atoms with Gasteiger partial charge in [-0.1, -0.05) is 13.3 Å². The summed E-state index contributed by atoms with van der Waals surface area (Å²) in [6.45, 7) is 1.87. The Hall–Kier alpha value is -1.63. The van der Waals surface area contributed by atoms with Gasteiger partial charge < -0.3 is 11.1 Å². The van der Waals surface area contributed by atoms with Gasteiger partial charge in [0, 0.05) is 5.69 Å². The summed E-state index contributed by atoms with van der Waals surface area (Å²) in [5.41, 5.74) is 5.51. The summed E-state index contributed by atoms with van der Waals surface area (Å²) in [6, 6.07) is 3.67. The fourth-order valence-corrected chi connectivity index (χ4v) is 2.80. The molecule has 0 spiro atoms. The molecule has 3 N–H and O–H groups in total. The number of hydrogen-bond donors (Lipinski definition) is 2. The minimum atomic E-state index is -3.40. The van der Waals surface area contributed by atoms with Crippen molar-refractivity contribution in [3.05, 3.63) is 24.0 Å². The molecule has 7 heteroatoms. The van der Waals surface area contributed by atoms with E-state index in [2.05, 4.69) is 5.32 Å². The van der Waals surface area contributed by atoms with Crippen LogP contribution in [0.4, 0.5) is 15.8 Å². The lowest BCUT2D eigenvalue weighted by Gasteiger charge is -2.07. The van der Waals surface area contributed by atoms with Crippen molar-refractivity contribution in [2.75, 3.05) is 22.6 Å². The molecule has 0 unspecified atom stereocenters. The molecule has 1 amide bonds. The van der Waals surface area contributed by atoms with Gasteiger partial charge in [-0.25, -0.2) is 12.8 Å². The number of unbranched alkanes of at least 4 members (excludes halogenated alkanes) is 1. The van der Waals surface area contributed by atoms with Gasteiger partial charge in [-0.05, 0) is 24.6 Å². The first-order valence-electron chi connectivity index (χ1n) is 5.89. The molecule has 0 fully saturated rings. The third kappa shape index (κ3) is 5.25. The van der Waals surface area contributed by atoms with Crippen molar-refractivity contribution in [1.82, 2.24) is 0 Å². The molecule has 0 atom stereocenters. The highest BCUT2D eigenvalue weighted by Gasteiger charge is 2.16. The number of anilines is 2. The predicted octanol–water partition coefficient (Wildman–Crippen LogP) is 1.56. The van der Waals surface area contributed by atoms with E-state index >= 15 is 0 Å². The SMILES string of the molecule is CCCCS(=O)(=O)CC(=O)Nc1ccc(F)c(N)c1. The van der Waals surface area contributed by atoms with Gasteiger partial charge in [-0.3, -0.25) is 4.79 Å². The highest BCUT2D eigenvalue weighted by Crippen LogP contribution is 2.16. The second-order valence-electron chi connectivity index (χ2n) is 4.23. The molecule has 1 rings (SSSR count). The number of sulfone groups is 1. The molecular formula is C12H17FN2O3S. The quantitative estimate of drug-likeness (QED) is 0.777. The van der Waals surface area contributed by atoms with Gasteiger partial charge in [0.25, 0.3) is 0 Å². The first-order chi connectivity index (χ1) is 8.84. The van der Waals surface area contributed by atoms with Crippen LogP contribution in [0.2, 0.25) is 0 Å². The van der Waals surface area contributed by atoms with Gasteiger partial charge in [0.1, 0.15) is 11.6 Å². The second-order valence-corrected chi connectivity index (χ2v) is 6.41. The van der Waals surface area contributed by atoms with Crippen LogP contribution < -0.4 is 11.1 Å². The zero-order valence-corrected chi connectivity index (χ0v) is 11.5. The summed E-state index contributed by atoms with van der Waals surface area (Å²) in [7, 11) is -3.40. The van der Waals surface area contributed by atoms with Crippen molar-refractivity contribution in [3.8, 4) is 0 Å². The maximum Gasteiger partial charge on any atom is 0.239 e. The number of nitrogens with one attached hydrogen (secondary N) is 1. The number of carbonyl (C=O) groups is 1. The number of amides is 1. The second kappa shape index (κ2) is 6.51. The summed E-state index contributed by atoms with van der Waals surface area (Å²) in [5.74, 6) is -1.83. The Labute approximate surface area is 111 Å². The molecule has 0 aliphatic rings.